The number of aliphatic hydroxyl groups is 2. The van der Waals surface area contributed by atoms with E-state index >= 15 is 0 Å². The first kappa shape index (κ1) is 22.6. The Balaban J connectivity index is 1.49. The van der Waals surface area contributed by atoms with Gasteiger partial charge in [0.2, 0.25) is 0 Å². The van der Waals surface area contributed by atoms with Gasteiger partial charge in [-0.3, -0.25) is 4.90 Å². The van der Waals surface area contributed by atoms with Gasteiger partial charge in [-0.05, 0) is 67.3 Å². The Bertz CT molecular complexity index is 785. The van der Waals surface area contributed by atoms with Gasteiger partial charge >= 0.3 is 0 Å². The minimum atomic E-state index is -0.506. The summed E-state index contributed by atoms with van der Waals surface area (Å²) in [5, 5.41) is 19.2. The number of aryl methyl sites for hydroxylation is 2. The molecule has 1 heterocycles. The number of likely N-dealkylation sites (tertiary alicyclic amines) is 1. The molecule has 2 aromatic carbocycles. The Morgan fingerprint density at radius 1 is 0.933 bits per heavy atom. The van der Waals surface area contributed by atoms with Crippen molar-refractivity contribution in [1.82, 2.24) is 4.90 Å². The number of benzene rings is 2. The average molecular weight is 416 g/mol. The summed E-state index contributed by atoms with van der Waals surface area (Å²) in [6.45, 7) is 9.58. The number of hydrogen-bond acceptors (Lipinski definition) is 6. The van der Waals surface area contributed by atoms with E-state index in [1.807, 2.05) is 36.4 Å². The second-order valence-corrected chi connectivity index (χ2v) is 7.93. The number of β-amino-alcohol motifs (C(OH)–C–C–N with tert-alkyl or cyclic N) is 1. The van der Waals surface area contributed by atoms with E-state index in [9.17, 15) is 5.11 Å². The van der Waals surface area contributed by atoms with Gasteiger partial charge in [-0.25, -0.2) is 0 Å². The minimum absolute atomic E-state index is 0.0239. The van der Waals surface area contributed by atoms with Crippen LogP contribution in [0, 0.1) is 20.8 Å². The molecular weight excluding hydrogens is 382 g/mol. The second-order valence-electron chi connectivity index (χ2n) is 7.93. The molecule has 164 valence electrons. The normalized spacial score (nSPS) is 19.2. The Morgan fingerprint density at radius 3 is 2.30 bits per heavy atom. The van der Waals surface area contributed by atoms with Gasteiger partial charge in [0.1, 0.15) is 30.3 Å². The van der Waals surface area contributed by atoms with Crippen LogP contribution in [-0.4, -0.2) is 66.8 Å². The topological polar surface area (TPSA) is 71.4 Å². The van der Waals surface area contributed by atoms with Gasteiger partial charge in [0.25, 0.3) is 0 Å². The first-order chi connectivity index (χ1) is 14.5. The van der Waals surface area contributed by atoms with Crippen molar-refractivity contribution >= 4 is 0 Å². The summed E-state index contributed by atoms with van der Waals surface area (Å²) in [7, 11) is 0. The number of rotatable bonds is 10. The molecule has 0 aliphatic carbocycles. The molecule has 6 nitrogen and oxygen atoms in total. The number of hydrogen-bond donors (Lipinski definition) is 2. The Morgan fingerprint density at radius 2 is 1.63 bits per heavy atom. The van der Waals surface area contributed by atoms with Crippen LogP contribution in [0.15, 0.2) is 36.4 Å². The third kappa shape index (κ3) is 6.19. The molecule has 1 aliphatic rings. The number of ether oxygens (including phenoxy) is 3. The molecule has 1 fully saturated rings. The van der Waals surface area contributed by atoms with Gasteiger partial charge in [-0.2, -0.15) is 0 Å². The van der Waals surface area contributed by atoms with Gasteiger partial charge in [-0.1, -0.05) is 12.1 Å². The molecule has 2 atom stereocenters. The quantitative estimate of drug-likeness (QED) is 0.582. The molecule has 3 rings (SSSR count). The van der Waals surface area contributed by atoms with E-state index in [0.29, 0.717) is 32.9 Å². The fourth-order valence-corrected chi connectivity index (χ4v) is 3.65. The fraction of sp³-hybridized carbons (Fsp3) is 0.500. The predicted molar refractivity (Wildman–Crippen MR) is 116 cm³/mol. The maximum Gasteiger partial charge on any atom is 0.138 e. The van der Waals surface area contributed by atoms with E-state index < -0.39 is 6.10 Å². The lowest BCUT2D eigenvalue weighted by Crippen LogP contribution is -2.30. The van der Waals surface area contributed by atoms with Gasteiger partial charge in [0.05, 0.1) is 19.8 Å². The van der Waals surface area contributed by atoms with E-state index in [1.165, 1.54) is 16.7 Å². The van der Waals surface area contributed by atoms with E-state index in [-0.39, 0.29) is 12.7 Å². The van der Waals surface area contributed by atoms with Crippen molar-refractivity contribution < 1.29 is 24.4 Å². The summed E-state index contributed by atoms with van der Waals surface area (Å²) in [6, 6.07) is 12.1. The highest BCUT2D eigenvalue weighted by Gasteiger charge is 2.33. The lowest BCUT2D eigenvalue weighted by molar-refractivity contribution is 0.0705. The molecule has 2 N–H and O–H groups in total. The molecule has 0 amide bonds. The van der Waals surface area contributed by atoms with Gasteiger partial charge in [0, 0.05) is 19.6 Å². The average Bonchev–Trinajstić information content (AvgIpc) is 3.06. The first-order valence-corrected chi connectivity index (χ1v) is 10.5. The molecule has 30 heavy (non-hydrogen) atoms. The molecule has 1 saturated heterocycles. The van der Waals surface area contributed by atoms with Crippen molar-refractivity contribution in [3.63, 3.8) is 0 Å². The lowest BCUT2D eigenvalue weighted by Gasteiger charge is -2.19. The molecular formula is C24H33NO5. The zero-order chi connectivity index (χ0) is 21.5. The van der Waals surface area contributed by atoms with Crippen molar-refractivity contribution in [3.8, 4) is 11.5 Å². The van der Waals surface area contributed by atoms with Crippen LogP contribution in [0.2, 0.25) is 0 Å². The number of aliphatic hydroxyl groups excluding tert-OH is 2. The van der Waals surface area contributed by atoms with E-state index in [4.69, 9.17) is 19.3 Å². The lowest BCUT2D eigenvalue weighted by atomic mass is 10.0. The van der Waals surface area contributed by atoms with Crippen LogP contribution >= 0.6 is 0 Å². The Hall–Kier alpha value is -2.12. The Kier molecular flexibility index (Phi) is 8.10. The monoisotopic (exact) mass is 415 g/mol. The van der Waals surface area contributed by atoms with Gasteiger partial charge < -0.3 is 24.4 Å². The van der Waals surface area contributed by atoms with Crippen molar-refractivity contribution in [2.45, 2.75) is 39.5 Å². The van der Waals surface area contributed by atoms with Gasteiger partial charge in [-0.15, -0.1) is 0 Å². The molecule has 0 saturated carbocycles. The summed E-state index contributed by atoms with van der Waals surface area (Å²) in [6.07, 6.45) is -0.735. The molecule has 0 bridgehead atoms. The standard InChI is InChI=1S/C24H33NO5/c1-17-12-22(13-18(2)19(17)3)30-24-16-25(15-23(24)27)14-20-4-6-21(7-5-20)29-11-10-28-9-8-26/h4-7,12-13,23-24,26-27H,8-11,14-16H2,1-3H3/t23-,24-/m0/s1. The van der Waals surface area contributed by atoms with Crippen molar-refractivity contribution in [2.24, 2.45) is 0 Å². The summed E-state index contributed by atoms with van der Waals surface area (Å²) in [5.41, 5.74) is 4.85. The predicted octanol–water partition coefficient (Wildman–Crippen LogP) is 2.62. The summed E-state index contributed by atoms with van der Waals surface area (Å²) in [4.78, 5) is 2.21. The van der Waals surface area contributed by atoms with Crippen molar-refractivity contribution in [1.29, 1.82) is 0 Å². The van der Waals surface area contributed by atoms with Crippen LogP contribution in [-0.2, 0) is 11.3 Å². The van der Waals surface area contributed by atoms with Crippen LogP contribution in [0.5, 0.6) is 11.5 Å². The zero-order valence-corrected chi connectivity index (χ0v) is 18.1. The maximum atomic E-state index is 10.5. The highest BCUT2D eigenvalue weighted by Crippen LogP contribution is 2.25. The molecule has 0 unspecified atom stereocenters. The molecule has 1 aliphatic heterocycles. The van der Waals surface area contributed by atoms with Crippen LogP contribution < -0.4 is 9.47 Å². The third-order valence-corrected chi connectivity index (χ3v) is 5.56. The van der Waals surface area contributed by atoms with Crippen LogP contribution in [0.25, 0.3) is 0 Å². The fourth-order valence-electron chi connectivity index (χ4n) is 3.65. The smallest absolute Gasteiger partial charge is 0.138 e. The molecule has 0 radical (unpaired) electrons. The minimum Gasteiger partial charge on any atom is -0.491 e. The summed E-state index contributed by atoms with van der Waals surface area (Å²) >= 11 is 0. The summed E-state index contributed by atoms with van der Waals surface area (Å²) in [5.74, 6) is 1.62. The largest absolute Gasteiger partial charge is 0.491 e. The van der Waals surface area contributed by atoms with E-state index in [1.54, 1.807) is 0 Å². The van der Waals surface area contributed by atoms with Crippen LogP contribution in [0.1, 0.15) is 22.3 Å². The van der Waals surface area contributed by atoms with E-state index in [0.717, 1.165) is 23.6 Å². The van der Waals surface area contributed by atoms with Crippen molar-refractivity contribution in [2.75, 3.05) is 39.5 Å². The first-order valence-electron chi connectivity index (χ1n) is 10.5. The van der Waals surface area contributed by atoms with Crippen molar-refractivity contribution in [3.05, 3.63) is 58.7 Å². The second kappa shape index (κ2) is 10.8. The SMILES string of the molecule is Cc1cc(O[C@H]2CN(Cc3ccc(OCCOCCO)cc3)C[C@@H]2O)cc(C)c1C. The number of nitrogens with zero attached hydrogens (tertiary/aromatic N) is 1. The van der Waals surface area contributed by atoms with Crippen LogP contribution in [0.3, 0.4) is 0 Å². The summed E-state index contributed by atoms with van der Waals surface area (Å²) < 4.78 is 16.9. The van der Waals surface area contributed by atoms with E-state index in [2.05, 4.69) is 25.7 Å². The molecule has 0 aromatic heterocycles. The molecule has 2 aromatic rings. The van der Waals surface area contributed by atoms with Gasteiger partial charge in [0.15, 0.2) is 0 Å². The molecule has 0 spiro atoms. The maximum absolute atomic E-state index is 10.5. The highest BCUT2D eigenvalue weighted by atomic mass is 16.5. The highest BCUT2D eigenvalue weighted by molar-refractivity contribution is 5.40. The zero-order valence-electron chi connectivity index (χ0n) is 18.1. The van der Waals surface area contributed by atoms with Crippen LogP contribution in [0.4, 0.5) is 0 Å². The Labute approximate surface area is 179 Å². The molecule has 6 heteroatoms. The third-order valence-electron chi connectivity index (χ3n) is 5.56.